The first-order valence-corrected chi connectivity index (χ1v) is 9.12. The molecule has 0 aliphatic carbocycles. The van der Waals surface area contributed by atoms with Crippen molar-refractivity contribution in [3.63, 3.8) is 0 Å². The van der Waals surface area contributed by atoms with E-state index in [0.717, 1.165) is 37.2 Å². The summed E-state index contributed by atoms with van der Waals surface area (Å²) in [5.41, 5.74) is 2.21. The van der Waals surface area contributed by atoms with Crippen molar-refractivity contribution in [3.05, 3.63) is 35.4 Å². The minimum Gasteiger partial charge on any atom is -0.381 e. The van der Waals surface area contributed by atoms with Crippen molar-refractivity contribution in [1.29, 1.82) is 0 Å². The van der Waals surface area contributed by atoms with Gasteiger partial charge in [-0.25, -0.2) is 0 Å². The largest absolute Gasteiger partial charge is 0.381 e. The van der Waals surface area contributed by atoms with Crippen molar-refractivity contribution < 1.29 is 19.0 Å². The van der Waals surface area contributed by atoms with Gasteiger partial charge in [-0.05, 0) is 30.9 Å². The monoisotopic (exact) mass is 384 g/mol. The second kappa shape index (κ2) is 10.8. The molecule has 1 aromatic rings. The highest BCUT2D eigenvalue weighted by Crippen LogP contribution is 2.14. The molecule has 0 unspecified atom stereocenters. The minimum atomic E-state index is -0.284. The maximum atomic E-state index is 12.3. The Kier molecular flexibility index (Phi) is 8.81. The third-order valence-corrected chi connectivity index (χ3v) is 4.71. The van der Waals surface area contributed by atoms with Gasteiger partial charge in [0.15, 0.2) is 0 Å². The van der Waals surface area contributed by atoms with Crippen LogP contribution in [0.5, 0.6) is 0 Å². The highest BCUT2D eigenvalue weighted by molar-refractivity contribution is 5.85. The average molecular weight is 385 g/mol. The Bertz CT molecular complexity index is 566. The highest BCUT2D eigenvalue weighted by atomic mass is 35.5. The molecule has 2 N–H and O–H groups in total. The molecule has 26 heavy (non-hydrogen) atoms. The number of halogens is 1. The summed E-state index contributed by atoms with van der Waals surface area (Å²) in [6.45, 7) is 5.96. The van der Waals surface area contributed by atoms with E-state index in [4.69, 9.17) is 14.2 Å². The van der Waals surface area contributed by atoms with E-state index in [-0.39, 0.29) is 36.6 Å². The van der Waals surface area contributed by atoms with Crippen molar-refractivity contribution in [3.8, 4) is 0 Å². The van der Waals surface area contributed by atoms with E-state index in [0.29, 0.717) is 26.3 Å². The second-order valence-corrected chi connectivity index (χ2v) is 6.67. The van der Waals surface area contributed by atoms with Gasteiger partial charge in [-0.3, -0.25) is 4.79 Å². The molecule has 0 aromatic heterocycles. The van der Waals surface area contributed by atoms with Crippen LogP contribution in [-0.2, 0) is 32.2 Å². The molecule has 0 saturated carbocycles. The summed E-state index contributed by atoms with van der Waals surface area (Å²) in [6.07, 6.45) is 2.11. The van der Waals surface area contributed by atoms with Crippen LogP contribution >= 0.6 is 12.4 Å². The molecule has 3 rings (SSSR count). The molecule has 6 nitrogen and oxygen atoms in total. The van der Waals surface area contributed by atoms with Crippen LogP contribution < -0.4 is 10.6 Å². The lowest BCUT2D eigenvalue weighted by molar-refractivity contribution is -0.129. The number of rotatable bonds is 6. The summed E-state index contributed by atoms with van der Waals surface area (Å²) >= 11 is 0. The Morgan fingerprint density at radius 3 is 2.81 bits per heavy atom. The van der Waals surface area contributed by atoms with Crippen LogP contribution in [0, 0.1) is 0 Å². The molecule has 2 atom stereocenters. The molecule has 0 spiro atoms. The smallest absolute Gasteiger partial charge is 0.240 e. The Morgan fingerprint density at radius 1 is 1.27 bits per heavy atom. The Hall–Kier alpha value is -1.18. The molecule has 2 aliphatic heterocycles. The lowest BCUT2D eigenvalue weighted by Crippen LogP contribution is -2.55. The third-order valence-electron chi connectivity index (χ3n) is 4.71. The number of carbonyl (C=O) groups is 1. The number of nitrogens with one attached hydrogen (secondary N) is 2. The van der Waals surface area contributed by atoms with Gasteiger partial charge in [0.2, 0.25) is 5.91 Å². The van der Waals surface area contributed by atoms with E-state index >= 15 is 0 Å². The van der Waals surface area contributed by atoms with Gasteiger partial charge in [-0.2, -0.15) is 0 Å². The van der Waals surface area contributed by atoms with Gasteiger partial charge in [-0.15, -0.1) is 12.4 Å². The number of ether oxygens (including phenoxy) is 3. The van der Waals surface area contributed by atoms with Crippen molar-refractivity contribution >= 4 is 18.3 Å². The van der Waals surface area contributed by atoms with Crippen LogP contribution in [0.25, 0.3) is 0 Å². The molecule has 0 radical (unpaired) electrons. The molecule has 1 aromatic carbocycles. The average Bonchev–Trinajstić information content (AvgIpc) is 2.66. The normalized spacial score (nSPS) is 23.9. The Morgan fingerprint density at radius 2 is 2.04 bits per heavy atom. The molecule has 2 aliphatic rings. The fourth-order valence-corrected chi connectivity index (χ4v) is 3.21. The van der Waals surface area contributed by atoms with E-state index < -0.39 is 0 Å². The summed E-state index contributed by atoms with van der Waals surface area (Å²) in [5.74, 6) is -0.0175. The van der Waals surface area contributed by atoms with E-state index in [1.54, 1.807) is 0 Å². The molecule has 1 amide bonds. The van der Waals surface area contributed by atoms with Gasteiger partial charge in [0.1, 0.15) is 6.04 Å². The summed E-state index contributed by atoms with van der Waals surface area (Å²) < 4.78 is 16.8. The van der Waals surface area contributed by atoms with Gasteiger partial charge >= 0.3 is 0 Å². The molecule has 146 valence electrons. The van der Waals surface area contributed by atoms with Crippen LogP contribution in [0.3, 0.4) is 0 Å². The predicted octanol–water partition coefficient (Wildman–Crippen LogP) is 1.80. The number of carbonyl (C=O) groups excluding carboxylic acids is 1. The molecular formula is C19H29ClN2O4. The first kappa shape index (κ1) is 21.1. The van der Waals surface area contributed by atoms with Crippen molar-refractivity contribution in [2.75, 3.05) is 26.4 Å². The highest BCUT2D eigenvalue weighted by Gasteiger charge is 2.27. The van der Waals surface area contributed by atoms with Gasteiger partial charge < -0.3 is 24.8 Å². The molecule has 2 saturated heterocycles. The lowest BCUT2D eigenvalue weighted by Gasteiger charge is -2.29. The van der Waals surface area contributed by atoms with E-state index in [1.165, 1.54) is 0 Å². The maximum absolute atomic E-state index is 12.3. The van der Waals surface area contributed by atoms with Gasteiger partial charge in [-0.1, -0.05) is 24.3 Å². The lowest BCUT2D eigenvalue weighted by atomic mass is 10.1. The van der Waals surface area contributed by atoms with Crippen LogP contribution in [0.15, 0.2) is 24.3 Å². The van der Waals surface area contributed by atoms with Crippen LogP contribution in [0.1, 0.15) is 30.9 Å². The summed E-state index contributed by atoms with van der Waals surface area (Å²) in [7, 11) is 0. The van der Waals surface area contributed by atoms with Crippen LogP contribution in [-0.4, -0.2) is 50.5 Å². The third kappa shape index (κ3) is 6.21. The topological polar surface area (TPSA) is 68.8 Å². The van der Waals surface area contributed by atoms with Gasteiger partial charge in [0.25, 0.3) is 0 Å². The standard InChI is InChI=1S/C19H28N2O4.ClH/c1-14-18(20-7-10-24-14)19(22)21-12-15-3-2-4-16(11-15)13-25-17-5-8-23-9-6-17;/h2-4,11,14,17-18,20H,5-10,12-13H2,1H3,(H,21,22);1H/t14-,18+;/m1./s1. The molecule has 2 fully saturated rings. The molecule has 2 heterocycles. The van der Waals surface area contributed by atoms with Gasteiger partial charge in [0.05, 0.1) is 25.4 Å². The number of amides is 1. The minimum absolute atomic E-state index is 0. The van der Waals surface area contributed by atoms with Crippen molar-refractivity contribution in [2.45, 2.75) is 51.2 Å². The second-order valence-electron chi connectivity index (χ2n) is 6.67. The first-order valence-electron chi connectivity index (χ1n) is 9.12. The van der Waals surface area contributed by atoms with E-state index in [2.05, 4.69) is 22.8 Å². The van der Waals surface area contributed by atoms with E-state index in [9.17, 15) is 4.79 Å². The van der Waals surface area contributed by atoms with E-state index in [1.807, 2.05) is 19.1 Å². The molecular weight excluding hydrogens is 356 g/mol. The summed E-state index contributed by atoms with van der Waals surface area (Å²) in [6, 6.07) is 7.90. The predicted molar refractivity (Wildman–Crippen MR) is 101 cm³/mol. The molecule has 0 bridgehead atoms. The zero-order chi connectivity index (χ0) is 17.5. The first-order chi connectivity index (χ1) is 12.2. The summed E-state index contributed by atoms with van der Waals surface area (Å²) in [5, 5.41) is 6.20. The number of morpholine rings is 1. The number of hydrogen-bond acceptors (Lipinski definition) is 5. The number of hydrogen-bond donors (Lipinski definition) is 2. The quantitative estimate of drug-likeness (QED) is 0.782. The molecule has 7 heteroatoms. The fourth-order valence-electron chi connectivity index (χ4n) is 3.21. The van der Waals surface area contributed by atoms with Crippen molar-refractivity contribution in [1.82, 2.24) is 10.6 Å². The zero-order valence-electron chi connectivity index (χ0n) is 15.2. The Balaban J connectivity index is 0.00000243. The Labute approximate surface area is 161 Å². The maximum Gasteiger partial charge on any atom is 0.240 e. The van der Waals surface area contributed by atoms with Gasteiger partial charge in [0, 0.05) is 26.3 Å². The zero-order valence-corrected chi connectivity index (χ0v) is 16.1. The SMILES string of the molecule is C[C@H]1OCCN[C@@H]1C(=O)NCc1cccc(COC2CCOCC2)c1.Cl. The summed E-state index contributed by atoms with van der Waals surface area (Å²) in [4.78, 5) is 12.3. The number of benzene rings is 1. The van der Waals surface area contributed by atoms with Crippen LogP contribution in [0.4, 0.5) is 0 Å². The van der Waals surface area contributed by atoms with Crippen LogP contribution in [0.2, 0.25) is 0 Å². The fraction of sp³-hybridized carbons (Fsp3) is 0.632. The van der Waals surface area contributed by atoms with Crippen molar-refractivity contribution in [2.24, 2.45) is 0 Å².